The summed E-state index contributed by atoms with van der Waals surface area (Å²) < 4.78 is 0.456. The molecule has 2 aromatic rings. The average Bonchev–Trinajstić information content (AvgIpc) is 2.42. The van der Waals surface area contributed by atoms with Crippen LogP contribution in [-0.4, -0.2) is 4.58 Å². The third kappa shape index (κ3) is 4.92. The zero-order valence-corrected chi connectivity index (χ0v) is 14.5. The van der Waals surface area contributed by atoms with Crippen molar-refractivity contribution in [2.45, 2.75) is 28.2 Å². The summed E-state index contributed by atoms with van der Waals surface area (Å²) in [6.45, 7) is 4.49. The van der Waals surface area contributed by atoms with Gasteiger partial charge in [-0.2, -0.15) is 0 Å². The van der Waals surface area contributed by atoms with Gasteiger partial charge in [0.05, 0.1) is 4.58 Å². The first kappa shape index (κ1) is 16.1. The first-order chi connectivity index (χ1) is 9.54. The third-order valence-electron chi connectivity index (χ3n) is 2.68. The van der Waals surface area contributed by atoms with Gasteiger partial charge in [-0.1, -0.05) is 37.0 Å². The van der Waals surface area contributed by atoms with Crippen LogP contribution >= 0.6 is 46.7 Å². The Kier molecular flexibility index (Phi) is 6.16. The minimum Gasteiger partial charge on any atom is -0.111 e. The van der Waals surface area contributed by atoms with Gasteiger partial charge in [0.25, 0.3) is 0 Å². The highest BCUT2D eigenvalue weighted by atomic mass is 35.5. The van der Waals surface area contributed by atoms with Gasteiger partial charge in [0.1, 0.15) is 0 Å². The molecule has 2 rings (SSSR count). The fraction of sp³-hybridized carbons (Fsp3) is 0.250. The molecule has 0 saturated heterocycles. The van der Waals surface area contributed by atoms with Crippen LogP contribution in [0, 0.1) is 5.92 Å². The Bertz CT molecular complexity index is 488. The van der Waals surface area contributed by atoms with Gasteiger partial charge >= 0.3 is 0 Å². The third-order valence-corrected chi connectivity index (χ3v) is 6.40. The van der Waals surface area contributed by atoms with E-state index in [2.05, 4.69) is 38.1 Å². The highest BCUT2D eigenvalue weighted by Gasteiger charge is 2.16. The van der Waals surface area contributed by atoms with Crippen LogP contribution in [0.25, 0.3) is 0 Å². The number of benzene rings is 2. The van der Waals surface area contributed by atoms with Gasteiger partial charge in [0.2, 0.25) is 0 Å². The highest BCUT2D eigenvalue weighted by Crippen LogP contribution is 2.40. The molecular formula is C16H16Cl2S2. The van der Waals surface area contributed by atoms with Crippen LogP contribution in [0.5, 0.6) is 0 Å². The van der Waals surface area contributed by atoms with Gasteiger partial charge in [-0.15, -0.1) is 23.5 Å². The van der Waals surface area contributed by atoms with E-state index >= 15 is 0 Å². The lowest BCUT2D eigenvalue weighted by atomic mass is 10.3. The lowest BCUT2D eigenvalue weighted by Crippen LogP contribution is -2.06. The molecule has 4 heteroatoms. The number of halogens is 2. The van der Waals surface area contributed by atoms with E-state index in [1.807, 2.05) is 47.8 Å². The van der Waals surface area contributed by atoms with Crippen molar-refractivity contribution in [3.63, 3.8) is 0 Å². The molecule has 0 aliphatic heterocycles. The number of rotatable bonds is 5. The summed E-state index contributed by atoms with van der Waals surface area (Å²) in [4.78, 5) is 2.49. The van der Waals surface area contributed by atoms with E-state index in [9.17, 15) is 0 Å². The maximum absolute atomic E-state index is 5.93. The topological polar surface area (TPSA) is 0 Å². The smallest absolute Gasteiger partial charge is 0.0619 e. The maximum Gasteiger partial charge on any atom is 0.0619 e. The molecule has 0 unspecified atom stereocenters. The summed E-state index contributed by atoms with van der Waals surface area (Å²) >= 11 is 15.6. The molecular weight excluding hydrogens is 327 g/mol. The van der Waals surface area contributed by atoms with E-state index in [-0.39, 0.29) is 0 Å². The van der Waals surface area contributed by atoms with Crippen LogP contribution in [0.15, 0.2) is 58.3 Å². The minimum atomic E-state index is 0.456. The SMILES string of the molecule is CC(C)C(Sc1ccc(Cl)cc1)Sc1ccc(Cl)cc1. The zero-order valence-electron chi connectivity index (χ0n) is 11.3. The van der Waals surface area contributed by atoms with Crippen molar-refractivity contribution in [3.8, 4) is 0 Å². The second-order valence-electron chi connectivity index (χ2n) is 4.76. The first-order valence-electron chi connectivity index (χ1n) is 6.39. The van der Waals surface area contributed by atoms with Crippen LogP contribution in [-0.2, 0) is 0 Å². The Balaban J connectivity index is 2.07. The molecule has 0 fully saturated rings. The molecule has 0 saturated carbocycles. The van der Waals surface area contributed by atoms with Crippen LogP contribution in [0.3, 0.4) is 0 Å². The Morgan fingerprint density at radius 2 is 1.05 bits per heavy atom. The van der Waals surface area contributed by atoms with Gasteiger partial charge in [-0.3, -0.25) is 0 Å². The number of hydrogen-bond donors (Lipinski definition) is 0. The molecule has 0 radical (unpaired) electrons. The van der Waals surface area contributed by atoms with E-state index in [0.717, 1.165) is 10.0 Å². The molecule has 20 heavy (non-hydrogen) atoms. The first-order valence-corrected chi connectivity index (χ1v) is 8.90. The molecule has 106 valence electrons. The second-order valence-corrected chi connectivity index (χ2v) is 8.36. The molecule has 0 amide bonds. The maximum atomic E-state index is 5.93. The number of hydrogen-bond acceptors (Lipinski definition) is 2. The summed E-state index contributed by atoms with van der Waals surface area (Å²) in [6.07, 6.45) is 0. The predicted octanol–water partition coefficient (Wildman–Crippen LogP) is 6.86. The Labute approximate surface area is 139 Å². The molecule has 0 nitrogen and oxygen atoms in total. The molecule has 0 N–H and O–H groups in total. The summed E-state index contributed by atoms with van der Waals surface area (Å²) in [5.41, 5.74) is 0. The van der Waals surface area contributed by atoms with E-state index in [1.165, 1.54) is 9.79 Å². The molecule has 0 bridgehead atoms. The Hall–Kier alpha value is -0.280. The lowest BCUT2D eigenvalue weighted by molar-refractivity contribution is 0.720. The van der Waals surface area contributed by atoms with E-state index in [0.29, 0.717) is 10.5 Å². The highest BCUT2D eigenvalue weighted by molar-refractivity contribution is 8.17. The Morgan fingerprint density at radius 3 is 1.35 bits per heavy atom. The molecule has 0 atom stereocenters. The van der Waals surface area contributed by atoms with E-state index < -0.39 is 0 Å². The van der Waals surface area contributed by atoms with Crippen LogP contribution in [0.1, 0.15) is 13.8 Å². The molecule has 0 aliphatic carbocycles. The van der Waals surface area contributed by atoms with Gasteiger partial charge in [0, 0.05) is 19.8 Å². The Morgan fingerprint density at radius 1 is 0.700 bits per heavy atom. The average molecular weight is 343 g/mol. The molecule has 0 aromatic heterocycles. The summed E-state index contributed by atoms with van der Waals surface area (Å²) in [6, 6.07) is 16.1. The van der Waals surface area contributed by atoms with Crippen LogP contribution in [0.4, 0.5) is 0 Å². The molecule has 0 aliphatic rings. The van der Waals surface area contributed by atoms with Crippen molar-refractivity contribution in [3.05, 3.63) is 58.6 Å². The fourth-order valence-corrected chi connectivity index (χ4v) is 4.37. The summed E-state index contributed by atoms with van der Waals surface area (Å²) in [7, 11) is 0. The van der Waals surface area contributed by atoms with E-state index in [1.54, 1.807) is 0 Å². The van der Waals surface area contributed by atoms with Crippen molar-refractivity contribution < 1.29 is 0 Å². The molecule has 2 aromatic carbocycles. The predicted molar refractivity (Wildman–Crippen MR) is 93.2 cm³/mol. The van der Waals surface area contributed by atoms with Gasteiger partial charge in [0.15, 0.2) is 0 Å². The van der Waals surface area contributed by atoms with Crippen molar-refractivity contribution in [1.29, 1.82) is 0 Å². The fourth-order valence-electron chi connectivity index (χ4n) is 1.59. The standard InChI is InChI=1S/C16H16Cl2S2/c1-11(2)16(19-14-7-3-12(17)4-8-14)20-15-9-5-13(18)6-10-15/h3-11,16H,1-2H3. The summed E-state index contributed by atoms with van der Waals surface area (Å²) in [5, 5.41) is 1.56. The zero-order chi connectivity index (χ0) is 14.5. The van der Waals surface area contributed by atoms with Crippen molar-refractivity contribution >= 4 is 46.7 Å². The largest absolute Gasteiger partial charge is 0.111 e. The lowest BCUT2D eigenvalue weighted by Gasteiger charge is -2.20. The summed E-state index contributed by atoms with van der Waals surface area (Å²) in [5.74, 6) is 0.566. The van der Waals surface area contributed by atoms with Crippen molar-refractivity contribution in [1.82, 2.24) is 0 Å². The van der Waals surface area contributed by atoms with Crippen molar-refractivity contribution in [2.24, 2.45) is 5.92 Å². The van der Waals surface area contributed by atoms with Gasteiger partial charge < -0.3 is 0 Å². The quantitative estimate of drug-likeness (QED) is 0.430. The molecule has 0 heterocycles. The van der Waals surface area contributed by atoms with Gasteiger partial charge in [-0.05, 0) is 54.4 Å². The normalized spacial score (nSPS) is 11.3. The van der Waals surface area contributed by atoms with Crippen LogP contribution < -0.4 is 0 Å². The molecule has 0 spiro atoms. The van der Waals surface area contributed by atoms with E-state index in [4.69, 9.17) is 23.2 Å². The van der Waals surface area contributed by atoms with Gasteiger partial charge in [-0.25, -0.2) is 0 Å². The number of thioether (sulfide) groups is 2. The minimum absolute atomic E-state index is 0.456. The van der Waals surface area contributed by atoms with Crippen molar-refractivity contribution in [2.75, 3.05) is 0 Å². The monoisotopic (exact) mass is 342 g/mol. The second kappa shape index (κ2) is 7.65. The van der Waals surface area contributed by atoms with Crippen LogP contribution in [0.2, 0.25) is 10.0 Å².